The van der Waals surface area contributed by atoms with Gasteiger partial charge in [0.1, 0.15) is 5.82 Å². The average molecular weight is 225 g/mol. The number of nitrogens with one attached hydrogen (secondary N) is 1. The van der Waals surface area contributed by atoms with Gasteiger partial charge in [-0.25, -0.2) is 0 Å². The van der Waals surface area contributed by atoms with Crippen LogP contribution in [-0.2, 0) is 0 Å². The molecule has 0 unspecified atom stereocenters. The molecule has 0 aliphatic heterocycles. The molecule has 1 aliphatic rings. The van der Waals surface area contributed by atoms with Crippen LogP contribution in [0.1, 0.15) is 18.4 Å². The molecule has 0 radical (unpaired) electrons. The number of hydrogen-bond acceptors (Lipinski definition) is 3. The van der Waals surface area contributed by atoms with Crippen molar-refractivity contribution in [1.82, 2.24) is 10.2 Å². The van der Waals surface area contributed by atoms with E-state index in [-0.39, 0.29) is 0 Å². The number of rotatable bonds is 3. The van der Waals surface area contributed by atoms with Crippen molar-refractivity contribution in [2.75, 3.05) is 5.32 Å². The van der Waals surface area contributed by atoms with Gasteiger partial charge in [0.05, 0.1) is 5.69 Å². The Kier molecular flexibility index (Phi) is 2.52. The standard InChI is InChI=1S/C14H15N3/c1-10-2-4-11(5-3-10)13-8-9-14(17-16-13)15-12-6-7-12/h2-5,8-9,12H,6-7H2,1H3,(H,15,17). The van der Waals surface area contributed by atoms with Gasteiger partial charge in [0, 0.05) is 11.6 Å². The molecule has 0 bridgehead atoms. The van der Waals surface area contributed by atoms with E-state index < -0.39 is 0 Å². The van der Waals surface area contributed by atoms with Crippen LogP contribution in [0, 0.1) is 6.92 Å². The lowest BCUT2D eigenvalue weighted by Gasteiger charge is -2.04. The van der Waals surface area contributed by atoms with Crippen LogP contribution >= 0.6 is 0 Å². The van der Waals surface area contributed by atoms with Crippen LogP contribution in [0.3, 0.4) is 0 Å². The molecular weight excluding hydrogens is 210 g/mol. The summed E-state index contributed by atoms with van der Waals surface area (Å²) in [5, 5.41) is 11.8. The van der Waals surface area contributed by atoms with E-state index in [1.807, 2.05) is 12.1 Å². The molecule has 1 saturated carbocycles. The molecule has 0 amide bonds. The summed E-state index contributed by atoms with van der Waals surface area (Å²) in [6.45, 7) is 2.08. The first kappa shape index (κ1) is 10.3. The molecule has 1 aromatic carbocycles. The number of aromatic nitrogens is 2. The van der Waals surface area contributed by atoms with Crippen molar-refractivity contribution in [3.8, 4) is 11.3 Å². The fourth-order valence-corrected chi connectivity index (χ4v) is 1.72. The van der Waals surface area contributed by atoms with Crippen molar-refractivity contribution in [1.29, 1.82) is 0 Å². The minimum absolute atomic E-state index is 0.620. The molecule has 1 heterocycles. The Hall–Kier alpha value is -1.90. The van der Waals surface area contributed by atoms with E-state index in [4.69, 9.17) is 0 Å². The largest absolute Gasteiger partial charge is 0.366 e. The Morgan fingerprint density at radius 2 is 1.76 bits per heavy atom. The number of benzene rings is 1. The molecule has 1 fully saturated rings. The summed E-state index contributed by atoms with van der Waals surface area (Å²) in [5.41, 5.74) is 3.29. The third kappa shape index (κ3) is 2.44. The van der Waals surface area contributed by atoms with Gasteiger partial charge in [-0.05, 0) is 31.9 Å². The molecule has 1 N–H and O–H groups in total. The summed E-state index contributed by atoms with van der Waals surface area (Å²) in [6.07, 6.45) is 2.50. The monoisotopic (exact) mass is 225 g/mol. The Bertz CT molecular complexity index is 498. The van der Waals surface area contributed by atoms with Crippen molar-refractivity contribution in [2.45, 2.75) is 25.8 Å². The van der Waals surface area contributed by atoms with Gasteiger partial charge >= 0.3 is 0 Å². The normalized spacial score (nSPS) is 14.6. The topological polar surface area (TPSA) is 37.8 Å². The van der Waals surface area contributed by atoms with Gasteiger partial charge in [0.25, 0.3) is 0 Å². The molecular formula is C14H15N3. The van der Waals surface area contributed by atoms with Crippen LogP contribution in [0.2, 0.25) is 0 Å². The van der Waals surface area contributed by atoms with Crippen molar-refractivity contribution in [3.05, 3.63) is 42.0 Å². The van der Waals surface area contributed by atoms with Gasteiger partial charge in [0.2, 0.25) is 0 Å². The fourth-order valence-electron chi connectivity index (χ4n) is 1.72. The third-order valence-corrected chi connectivity index (χ3v) is 2.94. The molecule has 0 saturated heterocycles. The van der Waals surface area contributed by atoms with E-state index in [0.717, 1.165) is 17.1 Å². The van der Waals surface area contributed by atoms with Crippen molar-refractivity contribution < 1.29 is 0 Å². The van der Waals surface area contributed by atoms with Gasteiger partial charge < -0.3 is 5.32 Å². The highest BCUT2D eigenvalue weighted by molar-refractivity contribution is 5.59. The van der Waals surface area contributed by atoms with Gasteiger partial charge in [-0.2, -0.15) is 0 Å². The maximum Gasteiger partial charge on any atom is 0.148 e. The van der Waals surface area contributed by atoms with Crippen molar-refractivity contribution in [3.63, 3.8) is 0 Å². The summed E-state index contributed by atoms with van der Waals surface area (Å²) < 4.78 is 0. The van der Waals surface area contributed by atoms with Gasteiger partial charge in [0.15, 0.2) is 0 Å². The lowest BCUT2D eigenvalue weighted by molar-refractivity contribution is 1.00. The minimum atomic E-state index is 0.620. The predicted octanol–water partition coefficient (Wildman–Crippen LogP) is 3.03. The van der Waals surface area contributed by atoms with E-state index in [1.54, 1.807) is 0 Å². The first-order valence-electron chi connectivity index (χ1n) is 5.98. The van der Waals surface area contributed by atoms with E-state index in [9.17, 15) is 0 Å². The summed E-state index contributed by atoms with van der Waals surface area (Å²) in [5.74, 6) is 0.878. The van der Waals surface area contributed by atoms with Crippen molar-refractivity contribution >= 4 is 5.82 Å². The van der Waals surface area contributed by atoms with Gasteiger partial charge in [-0.3, -0.25) is 0 Å². The Morgan fingerprint density at radius 1 is 1.00 bits per heavy atom. The summed E-state index contributed by atoms with van der Waals surface area (Å²) >= 11 is 0. The Morgan fingerprint density at radius 3 is 2.35 bits per heavy atom. The zero-order valence-corrected chi connectivity index (χ0v) is 9.85. The second-order valence-electron chi connectivity index (χ2n) is 4.59. The lowest BCUT2D eigenvalue weighted by Crippen LogP contribution is -2.03. The van der Waals surface area contributed by atoms with E-state index in [0.29, 0.717) is 6.04 Å². The quantitative estimate of drug-likeness (QED) is 0.872. The molecule has 3 rings (SSSR count). The third-order valence-electron chi connectivity index (χ3n) is 2.94. The average Bonchev–Trinajstić information content (AvgIpc) is 3.15. The lowest BCUT2D eigenvalue weighted by atomic mass is 10.1. The number of anilines is 1. The molecule has 3 nitrogen and oxygen atoms in total. The van der Waals surface area contributed by atoms with Crippen LogP contribution in [0.15, 0.2) is 36.4 Å². The first-order chi connectivity index (χ1) is 8.31. The summed E-state index contributed by atoms with van der Waals surface area (Å²) in [7, 11) is 0. The highest BCUT2D eigenvalue weighted by Gasteiger charge is 2.21. The molecule has 3 heteroatoms. The fraction of sp³-hybridized carbons (Fsp3) is 0.286. The maximum atomic E-state index is 4.25. The minimum Gasteiger partial charge on any atom is -0.366 e. The van der Waals surface area contributed by atoms with Crippen LogP contribution in [0.25, 0.3) is 11.3 Å². The Labute approximate surface area is 101 Å². The zero-order chi connectivity index (χ0) is 11.7. The van der Waals surface area contributed by atoms with E-state index in [2.05, 4.69) is 46.7 Å². The molecule has 0 spiro atoms. The smallest absolute Gasteiger partial charge is 0.148 e. The number of hydrogen-bond donors (Lipinski definition) is 1. The number of nitrogens with zero attached hydrogens (tertiary/aromatic N) is 2. The number of aryl methyl sites for hydroxylation is 1. The molecule has 2 aromatic rings. The van der Waals surface area contributed by atoms with Crippen LogP contribution in [0.5, 0.6) is 0 Å². The maximum absolute atomic E-state index is 4.25. The predicted molar refractivity (Wildman–Crippen MR) is 68.8 cm³/mol. The molecule has 86 valence electrons. The molecule has 1 aromatic heterocycles. The van der Waals surface area contributed by atoms with Crippen LogP contribution in [0.4, 0.5) is 5.82 Å². The zero-order valence-electron chi connectivity index (χ0n) is 9.85. The summed E-state index contributed by atoms with van der Waals surface area (Å²) in [6, 6.07) is 13.0. The Balaban J connectivity index is 1.80. The van der Waals surface area contributed by atoms with Crippen molar-refractivity contribution in [2.24, 2.45) is 0 Å². The second kappa shape index (κ2) is 4.17. The highest BCUT2D eigenvalue weighted by Crippen LogP contribution is 2.24. The first-order valence-corrected chi connectivity index (χ1v) is 5.98. The van der Waals surface area contributed by atoms with Gasteiger partial charge in [-0.15, -0.1) is 10.2 Å². The van der Waals surface area contributed by atoms with Crippen LogP contribution in [-0.4, -0.2) is 16.2 Å². The highest BCUT2D eigenvalue weighted by atomic mass is 15.2. The van der Waals surface area contributed by atoms with E-state index >= 15 is 0 Å². The molecule has 1 aliphatic carbocycles. The SMILES string of the molecule is Cc1ccc(-c2ccc(NC3CC3)nn2)cc1. The molecule has 0 atom stereocenters. The van der Waals surface area contributed by atoms with Gasteiger partial charge in [-0.1, -0.05) is 29.8 Å². The molecule has 17 heavy (non-hydrogen) atoms. The van der Waals surface area contributed by atoms with E-state index in [1.165, 1.54) is 18.4 Å². The van der Waals surface area contributed by atoms with Crippen LogP contribution < -0.4 is 5.32 Å². The summed E-state index contributed by atoms with van der Waals surface area (Å²) in [4.78, 5) is 0. The second-order valence-corrected chi connectivity index (χ2v) is 4.59.